The zero-order chi connectivity index (χ0) is 24.4. The molecule has 0 radical (unpaired) electrons. The summed E-state index contributed by atoms with van der Waals surface area (Å²) in [5.74, 6) is -0.0128. The van der Waals surface area contributed by atoms with E-state index in [1.807, 2.05) is 0 Å². The Hall–Kier alpha value is -3.35. The molecule has 5 N–H and O–H groups in total. The molecular weight excluding hydrogens is 452 g/mol. The summed E-state index contributed by atoms with van der Waals surface area (Å²) in [6.45, 7) is -0.551. The van der Waals surface area contributed by atoms with E-state index in [1.54, 1.807) is 31.4 Å². The summed E-state index contributed by atoms with van der Waals surface area (Å²) in [5.41, 5.74) is -0.235. The second-order valence-electron chi connectivity index (χ2n) is 7.68. The summed E-state index contributed by atoms with van der Waals surface area (Å²) in [6, 6.07) is 11.3. The molecule has 0 bridgehead atoms. The monoisotopic (exact) mass is 476 g/mol. The summed E-state index contributed by atoms with van der Waals surface area (Å²) in [4.78, 5) is 12.2. The lowest BCUT2D eigenvalue weighted by atomic mass is 9.99. The average Bonchev–Trinajstić information content (AvgIpc) is 2.85. The van der Waals surface area contributed by atoms with Crippen molar-refractivity contribution < 1.29 is 48.9 Å². The third-order valence-corrected chi connectivity index (χ3v) is 5.45. The van der Waals surface area contributed by atoms with E-state index in [4.69, 9.17) is 23.4 Å². The van der Waals surface area contributed by atoms with Gasteiger partial charge in [-0.25, -0.2) is 4.79 Å². The van der Waals surface area contributed by atoms with Gasteiger partial charge in [0.25, 0.3) is 0 Å². The molecule has 5 atom stereocenters. The number of methoxy groups -OCH3 is 1. The largest absolute Gasteiger partial charge is 0.499 e. The summed E-state index contributed by atoms with van der Waals surface area (Å²) >= 11 is 0. The molecule has 1 aromatic heterocycles. The van der Waals surface area contributed by atoms with Crippen molar-refractivity contribution in [2.75, 3.05) is 13.7 Å². The standard InChI is InChI=1S/C23H24O11/c1-30-12-4-2-11(3-5-12)10-31-21-14-7-6-13(8-15(14)33-22(29)20(21)28)32-23-19(27)18(26)17(25)16(9-24)34-23/h2-8,16-19,23-28H,9-10H2,1H3/t16-,17-,18+,19+,23-/m1/s1. The van der Waals surface area contributed by atoms with E-state index in [1.165, 1.54) is 18.2 Å². The molecule has 3 aromatic rings. The van der Waals surface area contributed by atoms with Gasteiger partial charge in [0.1, 0.15) is 48.1 Å². The van der Waals surface area contributed by atoms with Crippen LogP contribution in [0.3, 0.4) is 0 Å². The van der Waals surface area contributed by atoms with Crippen LogP contribution in [0.2, 0.25) is 0 Å². The number of hydrogen-bond acceptors (Lipinski definition) is 11. The first-order valence-electron chi connectivity index (χ1n) is 10.3. The van der Waals surface area contributed by atoms with Crippen molar-refractivity contribution in [1.29, 1.82) is 0 Å². The van der Waals surface area contributed by atoms with Crippen LogP contribution < -0.4 is 19.8 Å². The predicted molar refractivity (Wildman–Crippen MR) is 116 cm³/mol. The molecule has 0 saturated carbocycles. The molecule has 11 heteroatoms. The number of aliphatic hydroxyl groups excluding tert-OH is 4. The average molecular weight is 476 g/mol. The zero-order valence-electron chi connectivity index (χ0n) is 18.0. The Bertz CT molecular complexity index is 1190. The fourth-order valence-electron chi connectivity index (χ4n) is 3.54. The van der Waals surface area contributed by atoms with Gasteiger partial charge in [-0.3, -0.25) is 0 Å². The van der Waals surface area contributed by atoms with Gasteiger partial charge in [-0.05, 0) is 29.8 Å². The number of ether oxygens (including phenoxy) is 4. The molecule has 0 amide bonds. The summed E-state index contributed by atoms with van der Waals surface area (Å²) in [5, 5.41) is 49.8. The molecule has 182 valence electrons. The van der Waals surface area contributed by atoms with Gasteiger partial charge in [0.15, 0.2) is 5.75 Å². The smallest absolute Gasteiger partial charge is 0.382 e. The van der Waals surface area contributed by atoms with Gasteiger partial charge in [-0.1, -0.05) is 12.1 Å². The molecule has 2 aromatic carbocycles. The van der Waals surface area contributed by atoms with Crippen LogP contribution in [0, 0.1) is 0 Å². The molecule has 0 spiro atoms. The van der Waals surface area contributed by atoms with Gasteiger partial charge in [0.2, 0.25) is 12.0 Å². The van der Waals surface area contributed by atoms with Gasteiger partial charge in [-0.2, -0.15) is 0 Å². The predicted octanol–water partition coefficient (Wildman–Crippen LogP) is 0.265. The Morgan fingerprint density at radius 1 is 0.971 bits per heavy atom. The maximum Gasteiger partial charge on any atom is 0.382 e. The Kier molecular flexibility index (Phi) is 6.91. The van der Waals surface area contributed by atoms with Crippen LogP contribution in [0.25, 0.3) is 11.0 Å². The van der Waals surface area contributed by atoms with Crippen molar-refractivity contribution >= 4 is 11.0 Å². The van der Waals surface area contributed by atoms with Gasteiger partial charge < -0.3 is 48.9 Å². The lowest BCUT2D eigenvalue weighted by Gasteiger charge is -2.39. The van der Waals surface area contributed by atoms with Crippen LogP contribution in [0.4, 0.5) is 0 Å². The lowest BCUT2D eigenvalue weighted by molar-refractivity contribution is -0.277. The van der Waals surface area contributed by atoms with Gasteiger partial charge in [-0.15, -0.1) is 0 Å². The van der Waals surface area contributed by atoms with Crippen LogP contribution in [0.1, 0.15) is 5.56 Å². The number of aliphatic hydroxyl groups is 4. The number of benzene rings is 2. The molecular formula is C23H24O11. The van der Waals surface area contributed by atoms with Crippen LogP contribution in [-0.2, 0) is 11.3 Å². The molecule has 0 unspecified atom stereocenters. The fraction of sp³-hybridized carbons (Fsp3) is 0.348. The molecule has 34 heavy (non-hydrogen) atoms. The second kappa shape index (κ2) is 9.87. The minimum absolute atomic E-state index is 0.0228. The minimum Gasteiger partial charge on any atom is -0.499 e. The first kappa shape index (κ1) is 23.8. The maximum atomic E-state index is 12.2. The second-order valence-corrected chi connectivity index (χ2v) is 7.68. The summed E-state index contributed by atoms with van der Waals surface area (Å²) in [7, 11) is 1.55. The third kappa shape index (κ3) is 4.65. The normalized spacial score (nSPS) is 24.7. The minimum atomic E-state index is -1.61. The molecule has 2 heterocycles. The number of aromatic hydroxyl groups is 1. The van der Waals surface area contributed by atoms with Crippen molar-refractivity contribution in [2.24, 2.45) is 0 Å². The van der Waals surface area contributed by atoms with Crippen molar-refractivity contribution in [2.45, 2.75) is 37.3 Å². The quantitative estimate of drug-likeness (QED) is 0.297. The Morgan fingerprint density at radius 3 is 2.35 bits per heavy atom. The molecule has 11 nitrogen and oxygen atoms in total. The molecule has 1 saturated heterocycles. The van der Waals surface area contributed by atoms with Crippen molar-refractivity contribution in [1.82, 2.24) is 0 Å². The zero-order valence-corrected chi connectivity index (χ0v) is 18.0. The SMILES string of the molecule is COc1ccc(COc2c(O)c(=O)oc3cc(O[C@@H]4O[C@H](CO)[C@@H](O)[C@H](O)[C@@H]4O)ccc23)cc1. The number of rotatable bonds is 7. The van der Waals surface area contributed by atoms with Gasteiger partial charge >= 0.3 is 5.63 Å². The van der Waals surface area contributed by atoms with E-state index in [0.29, 0.717) is 5.75 Å². The summed E-state index contributed by atoms with van der Waals surface area (Å²) < 4.78 is 26.8. The van der Waals surface area contributed by atoms with Gasteiger partial charge in [0.05, 0.1) is 19.1 Å². The van der Waals surface area contributed by atoms with Crippen molar-refractivity contribution in [3.05, 3.63) is 58.4 Å². The highest BCUT2D eigenvalue weighted by atomic mass is 16.7. The third-order valence-electron chi connectivity index (χ3n) is 5.45. The number of hydrogen-bond donors (Lipinski definition) is 5. The first-order chi connectivity index (χ1) is 16.3. The molecule has 1 aliphatic rings. The topological polar surface area (TPSA) is 168 Å². The van der Waals surface area contributed by atoms with Crippen LogP contribution >= 0.6 is 0 Å². The maximum absolute atomic E-state index is 12.2. The lowest BCUT2D eigenvalue weighted by Crippen LogP contribution is -2.60. The van der Waals surface area contributed by atoms with Crippen molar-refractivity contribution in [3.8, 4) is 23.0 Å². The van der Waals surface area contributed by atoms with E-state index in [0.717, 1.165) is 5.56 Å². The number of fused-ring (bicyclic) bond motifs is 1. The summed E-state index contributed by atoms with van der Waals surface area (Å²) in [6.07, 6.45) is -7.30. The van der Waals surface area contributed by atoms with Crippen LogP contribution in [0.5, 0.6) is 23.0 Å². The van der Waals surface area contributed by atoms with E-state index >= 15 is 0 Å². The Labute approximate surface area is 192 Å². The van der Waals surface area contributed by atoms with Crippen LogP contribution in [0.15, 0.2) is 51.7 Å². The molecule has 4 rings (SSSR count). The van der Waals surface area contributed by atoms with E-state index in [9.17, 15) is 30.3 Å². The van der Waals surface area contributed by atoms with E-state index < -0.39 is 48.7 Å². The van der Waals surface area contributed by atoms with Crippen LogP contribution in [-0.4, -0.2) is 70.0 Å². The van der Waals surface area contributed by atoms with E-state index in [2.05, 4.69) is 0 Å². The highest BCUT2D eigenvalue weighted by Crippen LogP contribution is 2.35. The molecule has 1 aliphatic heterocycles. The highest BCUT2D eigenvalue weighted by Gasteiger charge is 2.44. The Morgan fingerprint density at radius 2 is 1.68 bits per heavy atom. The van der Waals surface area contributed by atoms with E-state index in [-0.39, 0.29) is 29.1 Å². The van der Waals surface area contributed by atoms with Crippen molar-refractivity contribution in [3.63, 3.8) is 0 Å². The molecule has 1 fully saturated rings. The highest BCUT2D eigenvalue weighted by molar-refractivity contribution is 5.86. The fourth-order valence-corrected chi connectivity index (χ4v) is 3.54. The Balaban J connectivity index is 1.58. The first-order valence-corrected chi connectivity index (χ1v) is 10.3. The van der Waals surface area contributed by atoms with Gasteiger partial charge in [0, 0.05) is 6.07 Å². The molecule has 0 aliphatic carbocycles.